The third-order valence-corrected chi connectivity index (χ3v) is 19.9. The van der Waals surface area contributed by atoms with Gasteiger partial charge in [0.15, 0.2) is 18.9 Å². The molecule has 19 nitrogen and oxygen atoms in total. The van der Waals surface area contributed by atoms with Gasteiger partial charge in [-0.2, -0.15) is 0 Å². The van der Waals surface area contributed by atoms with E-state index in [1.807, 2.05) is 6.08 Å². The van der Waals surface area contributed by atoms with Crippen molar-refractivity contribution in [2.24, 2.45) is 0 Å². The third-order valence-electron chi connectivity index (χ3n) is 19.9. The summed E-state index contributed by atoms with van der Waals surface area (Å²) in [6.45, 7) is 1.76. The van der Waals surface area contributed by atoms with Gasteiger partial charge in [0, 0.05) is 6.42 Å². The van der Waals surface area contributed by atoms with E-state index in [9.17, 15) is 61.0 Å². The molecule has 0 bridgehead atoms. The first-order valence-corrected chi connectivity index (χ1v) is 39.7. The first-order valence-electron chi connectivity index (χ1n) is 39.7. The highest BCUT2D eigenvalue weighted by Gasteiger charge is 2.53. The second-order valence-electron chi connectivity index (χ2n) is 28.5. The molecule has 3 aliphatic rings. The highest BCUT2D eigenvalue weighted by Crippen LogP contribution is 2.33. The average molecular weight is 1390 g/mol. The molecule has 3 aliphatic heterocycles. The Labute approximate surface area is 587 Å². The molecule has 17 unspecified atom stereocenters. The van der Waals surface area contributed by atoms with Crippen LogP contribution in [0.25, 0.3) is 0 Å². The second-order valence-corrected chi connectivity index (χ2v) is 28.5. The van der Waals surface area contributed by atoms with Crippen LogP contribution >= 0.6 is 0 Å². The Balaban J connectivity index is 1.40. The van der Waals surface area contributed by atoms with E-state index in [0.717, 1.165) is 44.9 Å². The van der Waals surface area contributed by atoms with Gasteiger partial charge in [0.25, 0.3) is 0 Å². The smallest absolute Gasteiger partial charge is 0.220 e. The molecule has 12 N–H and O–H groups in total. The highest BCUT2D eigenvalue weighted by atomic mass is 16.8. The molecule has 1 amide bonds. The number of ether oxygens (including phenoxy) is 6. The van der Waals surface area contributed by atoms with Crippen molar-refractivity contribution in [1.82, 2.24) is 5.32 Å². The normalized spacial score (nSPS) is 27.0. The van der Waals surface area contributed by atoms with Gasteiger partial charge in [-0.3, -0.25) is 4.79 Å². The topological polar surface area (TPSA) is 307 Å². The van der Waals surface area contributed by atoms with Crippen molar-refractivity contribution in [2.75, 3.05) is 26.4 Å². The average Bonchev–Trinajstić information content (AvgIpc) is 0.792. The Morgan fingerprint density at radius 1 is 0.361 bits per heavy atom. The van der Waals surface area contributed by atoms with Crippen LogP contribution in [0.1, 0.15) is 322 Å². The summed E-state index contributed by atoms with van der Waals surface area (Å²) < 4.78 is 34.4. The predicted molar refractivity (Wildman–Crippen MR) is 383 cm³/mol. The van der Waals surface area contributed by atoms with E-state index in [0.29, 0.717) is 12.8 Å². The summed E-state index contributed by atoms with van der Waals surface area (Å²) in [6.07, 6.45) is 45.7. The largest absolute Gasteiger partial charge is 0.394 e. The zero-order chi connectivity index (χ0) is 70.4. The Bertz CT molecular complexity index is 1900. The molecule has 570 valence electrons. The van der Waals surface area contributed by atoms with Gasteiger partial charge in [-0.1, -0.05) is 307 Å². The van der Waals surface area contributed by atoms with Gasteiger partial charge in [0.1, 0.15) is 73.2 Å². The number of amides is 1. The third kappa shape index (κ3) is 40.0. The summed E-state index contributed by atoms with van der Waals surface area (Å²) in [5.74, 6) is -0.283. The zero-order valence-corrected chi connectivity index (χ0v) is 60.8. The summed E-state index contributed by atoms with van der Waals surface area (Å²) in [5, 5.41) is 121. The number of hydrogen-bond donors (Lipinski definition) is 12. The maximum atomic E-state index is 13.5. The second kappa shape index (κ2) is 59.4. The Morgan fingerprint density at radius 2 is 0.660 bits per heavy atom. The number of unbranched alkanes of at least 4 members (excludes halogenated alkanes) is 43. The maximum Gasteiger partial charge on any atom is 0.220 e. The van der Waals surface area contributed by atoms with Crippen molar-refractivity contribution < 1.29 is 89.4 Å². The minimum Gasteiger partial charge on any atom is -0.394 e. The fourth-order valence-corrected chi connectivity index (χ4v) is 13.5. The van der Waals surface area contributed by atoms with E-state index in [1.165, 1.54) is 244 Å². The number of allylic oxidation sites excluding steroid dienone is 5. The number of carbonyl (C=O) groups excluding carboxylic acids is 1. The fraction of sp³-hybridized carbons (Fsp3) is 0.910. The molecular formula is C78H145NO18. The van der Waals surface area contributed by atoms with Crippen molar-refractivity contribution >= 4 is 5.91 Å². The Morgan fingerprint density at radius 3 is 1.03 bits per heavy atom. The van der Waals surface area contributed by atoms with Crippen LogP contribution in [0.3, 0.4) is 0 Å². The number of aliphatic hydroxyl groups excluding tert-OH is 11. The molecule has 0 aliphatic carbocycles. The Hall–Kier alpha value is -1.99. The van der Waals surface area contributed by atoms with Crippen LogP contribution in [0.5, 0.6) is 0 Å². The van der Waals surface area contributed by atoms with Gasteiger partial charge < -0.3 is 89.9 Å². The zero-order valence-electron chi connectivity index (χ0n) is 60.8. The molecule has 17 atom stereocenters. The van der Waals surface area contributed by atoms with Gasteiger partial charge >= 0.3 is 0 Å². The van der Waals surface area contributed by atoms with E-state index >= 15 is 0 Å². The lowest BCUT2D eigenvalue weighted by Gasteiger charge is -2.48. The highest BCUT2D eigenvalue weighted by molar-refractivity contribution is 5.76. The van der Waals surface area contributed by atoms with Crippen LogP contribution in [0.4, 0.5) is 0 Å². The van der Waals surface area contributed by atoms with Crippen LogP contribution < -0.4 is 5.32 Å². The molecule has 3 heterocycles. The molecule has 3 fully saturated rings. The SMILES string of the molecule is CCCCCCCCCCCCCCCCCCCC/C=C/CC/C=C/CC/C=C/C(O)C(COC1OC(CO)C(OC2OC(CO)C(OC3OC(CO)C(O)C(O)C3O)C(O)C2O)C(O)C1O)NC(=O)CCCCCCCCCCCCCCCCCCCCCCCCCC. The summed E-state index contributed by atoms with van der Waals surface area (Å²) in [7, 11) is 0. The van der Waals surface area contributed by atoms with Gasteiger partial charge in [0.2, 0.25) is 5.91 Å². The molecule has 97 heavy (non-hydrogen) atoms. The van der Waals surface area contributed by atoms with Gasteiger partial charge in [-0.05, 0) is 44.9 Å². The van der Waals surface area contributed by atoms with Crippen molar-refractivity contribution in [2.45, 2.75) is 426 Å². The maximum absolute atomic E-state index is 13.5. The van der Waals surface area contributed by atoms with E-state index in [2.05, 4.69) is 43.5 Å². The quantitative estimate of drug-likeness (QED) is 0.0199. The summed E-state index contributed by atoms with van der Waals surface area (Å²) in [4.78, 5) is 13.5. The summed E-state index contributed by atoms with van der Waals surface area (Å²) >= 11 is 0. The van der Waals surface area contributed by atoms with Crippen LogP contribution in [-0.2, 0) is 33.2 Å². The first kappa shape index (κ1) is 89.2. The van der Waals surface area contributed by atoms with Crippen LogP contribution in [-0.4, -0.2) is 193 Å². The molecule has 0 saturated carbocycles. The standard InChI is InChI=1S/C78H145NO18/c1-3-5-7-9-11-13-15-17-19-21-23-25-27-29-30-31-32-33-35-37-39-41-43-45-47-49-51-53-55-62(83)61(79-66(84)56-54-52-50-48-46-44-42-40-38-36-34-28-26-24-22-20-18-16-14-12-10-8-6-4-2)60-92-76-72(90)69(87)74(64(58-81)94-76)97-78-73(91)70(88)75(65(59-82)95-78)96-77-71(89)68(86)67(85)63(57-80)93-77/h37,39,45,47,53,55,61-65,67-78,80-83,85-91H,3-36,38,40-44,46,48-52,54,56-60H2,1-2H3,(H,79,84)/b39-37+,47-45+,55-53+. The van der Waals surface area contributed by atoms with Gasteiger partial charge in [0.05, 0.1) is 38.6 Å². The molecule has 0 spiro atoms. The van der Waals surface area contributed by atoms with E-state index in [4.69, 9.17) is 28.4 Å². The number of hydrogen-bond acceptors (Lipinski definition) is 18. The minimum absolute atomic E-state index is 0.236. The molecule has 0 aromatic heterocycles. The van der Waals surface area contributed by atoms with E-state index in [-0.39, 0.29) is 18.9 Å². The predicted octanol–water partition coefficient (Wildman–Crippen LogP) is 12.7. The van der Waals surface area contributed by atoms with Crippen LogP contribution in [0.15, 0.2) is 36.5 Å². The lowest BCUT2D eigenvalue weighted by Crippen LogP contribution is -2.66. The fourth-order valence-electron chi connectivity index (χ4n) is 13.5. The molecule has 0 radical (unpaired) electrons. The van der Waals surface area contributed by atoms with E-state index in [1.54, 1.807) is 6.08 Å². The first-order chi connectivity index (χ1) is 47.3. The number of rotatable bonds is 63. The van der Waals surface area contributed by atoms with Crippen LogP contribution in [0.2, 0.25) is 0 Å². The molecule has 3 saturated heterocycles. The molecule has 0 aromatic carbocycles. The lowest BCUT2D eigenvalue weighted by atomic mass is 9.96. The van der Waals surface area contributed by atoms with Gasteiger partial charge in [-0.25, -0.2) is 0 Å². The van der Waals surface area contributed by atoms with Crippen molar-refractivity contribution in [3.8, 4) is 0 Å². The van der Waals surface area contributed by atoms with Crippen molar-refractivity contribution in [3.63, 3.8) is 0 Å². The van der Waals surface area contributed by atoms with E-state index < -0.39 is 124 Å². The molecule has 3 rings (SSSR count). The lowest BCUT2D eigenvalue weighted by molar-refractivity contribution is -0.379. The summed E-state index contributed by atoms with van der Waals surface area (Å²) in [5.41, 5.74) is 0. The van der Waals surface area contributed by atoms with Crippen molar-refractivity contribution in [1.29, 1.82) is 0 Å². The van der Waals surface area contributed by atoms with Crippen LogP contribution in [0, 0.1) is 0 Å². The molecule has 19 heteroatoms. The molecule has 0 aromatic rings. The number of nitrogens with one attached hydrogen (secondary N) is 1. The minimum atomic E-state index is -1.98. The summed E-state index contributed by atoms with van der Waals surface area (Å²) in [6, 6.07) is -0.996. The monoisotopic (exact) mass is 1380 g/mol. The molecular weight excluding hydrogens is 1240 g/mol. The van der Waals surface area contributed by atoms with Gasteiger partial charge in [-0.15, -0.1) is 0 Å². The van der Waals surface area contributed by atoms with Crippen molar-refractivity contribution in [3.05, 3.63) is 36.5 Å². The Kier molecular flexibility index (Phi) is 54.6. The number of carbonyl (C=O) groups is 1. The number of aliphatic hydroxyl groups is 11.